The minimum Gasteiger partial charge on any atom is -0.276 e. The van der Waals surface area contributed by atoms with E-state index in [-0.39, 0.29) is 0 Å². The number of thioether (sulfide) groups is 1. The fraction of sp³-hybridized carbons (Fsp3) is 0.700. The molecule has 1 aromatic rings. The Morgan fingerprint density at radius 1 is 1.64 bits per heavy atom. The molecule has 0 N–H and O–H groups in total. The highest BCUT2D eigenvalue weighted by molar-refractivity contribution is 7.99. The Morgan fingerprint density at radius 3 is 3.00 bits per heavy atom. The zero-order chi connectivity index (χ0) is 10.4. The predicted molar refractivity (Wildman–Crippen MR) is 64.2 cm³/mol. The van der Waals surface area contributed by atoms with Crippen LogP contribution in [0.2, 0.25) is 0 Å². The molecule has 4 heteroatoms. The highest BCUT2D eigenvalue weighted by atomic mass is 35.5. The van der Waals surface area contributed by atoms with Crippen LogP contribution in [-0.4, -0.2) is 26.7 Å². The largest absolute Gasteiger partial charge is 0.276 e. The third kappa shape index (κ3) is 4.38. The molecule has 0 aliphatic heterocycles. The van der Waals surface area contributed by atoms with E-state index in [1.165, 1.54) is 5.56 Å². The average molecular weight is 233 g/mol. The number of aryl methyl sites for hydroxylation is 2. The molecule has 0 saturated carbocycles. The zero-order valence-corrected chi connectivity index (χ0v) is 10.3. The van der Waals surface area contributed by atoms with Gasteiger partial charge in [0.05, 0.1) is 6.20 Å². The van der Waals surface area contributed by atoms with Gasteiger partial charge in [-0.05, 0) is 24.2 Å². The third-order valence-electron chi connectivity index (χ3n) is 2.07. The normalized spacial score (nSPS) is 13.1. The molecule has 1 heterocycles. The number of alkyl halides is 1. The summed E-state index contributed by atoms with van der Waals surface area (Å²) in [5.41, 5.74) is 1.32. The van der Waals surface area contributed by atoms with E-state index in [4.69, 9.17) is 11.6 Å². The van der Waals surface area contributed by atoms with Crippen molar-refractivity contribution < 1.29 is 0 Å². The van der Waals surface area contributed by atoms with Crippen LogP contribution < -0.4 is 0 Å². The Morgan fingerprint density at radius 2 is 2.43 bits per heavy atom. The molecule has 1 atom stereocenters. The Bertz CT molecular complexity index is 262. The van der Waals surface area contributed by atoms with E-state index in [9.17, 15) is 0 Å². The van der Waals surface area contributed by atoms with Crippen molar-refractivity contribution in [3.63, 3.8) is 0 Å². The van der Waals surface area contributed by atoms with Crippen LogP contribution in [0.15, 0.2) is 12.4 Å². The number of halogens is 1. The van der Waals surface area contributed by atoms with Crippen LogP contribution >= 0.6 is 23.4 Å². The van der Waals surface area contributed by atoms with Gasteiger partial charge in [-0.3, -0.25) is 4.68 Å². The molecule has 14 heavy (non-hydrogen) atoms. The molecule has 1 unspecified atom stereocenters. The Kier molecular flexibility index (Phi) is 5.41. The van der Waals surface area contributed by atoms with E-state index >= 15 is 0 Å². The minimum atomic E-state index is 0.671. The maximum atomic E-state index is 5.67. The third-order valence-corrected chi connectivity index (χ3v) is 3.53. The van der Waals surface area contributed by atoms with Gasteiger partial charge in [-0.2, -0.15) is 16.9 Å². The topological polar surface area (TPSA) is 17.8 Å². The standard InChI is InChI=1S/C10H17ClN2S/c1-9(3-5-11)14-6-4-10-7-12-13(2)8-10/h7-9H,3-6H2,1-2H3. The summed E-state index contributed by atoms with van der Waals surface area (Å²) < 4.78 is 1.85. The molecule has 0 radical (unpaired) electrons. The zero-order valence-electron chi connectivity index (χ0n) is 8.74. The predicted octanol–water partition coefficient (Wildman–Crippen LogP) is 2.71. The molecule has 0 spiro atoms. The van der Waals surface area contributed by atoms with E-state index in [2.05, 4.69) is 18.2 Å². The van der Waals surface area contributed by atoms with E-state index in [1.807, 2.05) is 29.7 Å². The van der Waals surface area contributed by atoms with Crippen molar-refractivity contribution in [3.05, 3.63) is 18.0 Å². The van der Waals surface area contributed by atoms with Gasteiger partial charge in [0.2, 0.25) is 0 Å². The molecule has 1 rings (SSSR count). The summed E-state index contributed by atoms with van der Waals surface area (Å²) in [4.78, 5) is 0. The van der Waals surface area contributed by atoms with Crippen LogP contribution in [0.1, 0.15) is 18.9 Å². The van der Waals surface area contributed by atoms with Crippen LogP contribution in [0, 0.1) is 0 Å². The Hall–Kier alpha value is -0.150. The van der Waals surface area contributed by atoms with Gasteiger partial charge < -0.3 is 0 Å². The van der Waals surface area contributed by atoms with Crippen LogP contribution in [0.25, 0.3) is 0 Å². The molecule has 2 nitrogen and oxygen atoms in total. The summed E-state index contributed by atoms with van der Waals surface area (Å²) in [6, 6.07) is 0. The Labute approximate surface area is 95.0 Å². The SMILES string of the molecule is CC(CCCl)SCCc1cnn(C)c1. The van der Waals surface area contributed by atoms with E-state index < -0.39 is 0 Å². The maximum Gasteiger partial charge on any atom is 0.0521 e. The van der Waals surface area contributed by atoms with Crippen molar-refractivity contribution in [3.8, 4) is 0 Å². The van der Waals surface area contributed by atoms with Gasteiger partial charge in [0.25, 0.3) is 0 Å². The van der Waals surface area contributed by atoms with Gasteiger partial charge in [-0.15, -0.1) is 11.6 Å². The molecule has 0 saturated heterocycles. The second-order valence-electron chi connectivity index (χ2n) is 3.43. The highest BCUT2D eigenvalue weighted by Gasteiger charge is 2.02. The number of nitrogens with zero attached hydrogens (tertiary/aromatic N) is 2. The summed E-state index contributed by atoms with van der Waals surface area (Å²) in [7, 11) is 1.95. The first-order valence-corrected chi connectivity index (χ1v) is 6.46. The smallest absolute Gasteiger partial charge is 0.0521 e. The summed E-state index contributed by atoms with van der Waals surface area (Å²) in [6.07, 6.45) is 6.21. The summed E-state index contributed by atoms with van der Waals surface area (Å²) in [6.45, 7) is 2.23. The number of rotatable bonds is 6. The lowest BCUT2D eigenvalue weighted by molar-refractivity contribution is 0.767. The molecule has 80 valence electrons. The molecule has 0 fully saturated rings. The first kappa shape index (κ1) is 11.9. The summed E-state index contributed by atoms with van der Waals surface area (Å²) in [5.74, 6) is 1.92. The monoisotopic (exact) mass is 232 g/mol. The summed E-state index contributed by atoms with van der Waals surface area (Å²) >= 11 is 7.65. The number of hydrogen-bond donors (Lipinski definition) is 0. The minimum absolute atomic E-state index is 0.671. The average Bonchev–Trinajstić information content (AvgIpc) is 2.52. The number of hydrogen-bond acceptors (Lipinski definition) is 2. The van der Waals surface area contributed by atoms with Crippen molar-refractivity contribution in [1.82, 2.24) is 9.78 Å². The van der Waals surface area contributed by atoms with Crippen molar-refractivity contribution in [1.29, 1.82) is 0 Å². The van der Waals surface area contributed by atoms with Crippen LogP contribution in [0.3, 0.4) is 0 Å². The van der Waals surface area contributed by atoms with Gasteiger partial charge in [-0.25, -0.2) is 0 Å². The van der Waals surface area contributed by atoms with E-state index in [0.29, 0.717) is 5.25 Å². The van der Waals surface area contributed by atoms with Crippen molar-refractivity contribution in [2.75, 3.05) is 11.6 Å². The first-order chi connectivity index (χ1) is 6.72. The quantitative estimate of drug-likeness (QED) is 0.702. The molecule has 0 bridgehead atoms. The fourth-order valence-corrected chi connectivity index (χ4v) is 2.71. The molecule has 0 aromatic carbocycles. The molecule has 1 aromatic heterocycles. The fourth-order valence-electron chi connectivity index (χ4n) is 1.22. The van der Waals surface area contributed by atoms with Gasteiger partial charge in [0.1, 0.15) is 0 Å². The van der Waals surface area contributed by atoms with Gasteiger partial charge in [0.15, 0.2) is 0 Å². The van der Waals surface area contributed by atoms with Crippen LogP contribution in [0.5, 0.6) is 0 Å². The van der Waals surface area contributed by atoms with Crippen LogP contribution in [-0.2, 0) is 13.5 Å². The van der Waals surface area contributed by atoms with E-state index in [1.54, 1.807) is 0 Å². The van der Waals surface area contributed by atoms with Gasteiger partial charge >= 0.3 is 0 Å². The maximum absolute atomic E-state index is 5.67. The second kappa shape index (κ2) is 6.36. The molecule has 0 aliphatic rings. The molecular weight excluding hydrogens is 216 g/mol. The van der Waals surface area contributed by atoms with Gasteiger partial charge in [-0.1, -0.05) is 6.92 Å². The van der Waals surface area contributed by atoms with E-state index in [0.717, 1.165) is 24.5 Å². The Balaban J connectivity index is 2.15. The lowest BCUT2D eigenvalue weighted by Gasteiger charge is -2.07. The summed E-state index contributed by atoms with van der Waals surface area (Å²) in [5, 5.41) is 4.81. The molecule has 0 amide bonds. The number of aromatic nitrogens is 2. The lowest BCUT2D eigenvalue weighted by atomic mass is 10.3. The molecule has 0 aliphatic carbocycles. The first-order valence-electron chi connectivity index (χ1n) is 4.87. The second-order valence-corrected chi connectivity index (χ2v) is 5.36. The molecular formula is C10H17ClN2S. The van der Waals surface area contributed by atoms with Crippen LogP contribution in [0.4, 0.5) is 0 Å². The van der Waals surface area contributed by atoms with Crippen molar-refractivity contribution in [2.24, 2.45) is 7.05 Å². The highest BCUT2D eigenvalue weighted by Crippen LogP contribution is 2.16. The lowest BCUT2D eigenvalue weighted by Crippen LogP contribution is -1.99. The van der Waals surface area contributed by atoms with Crippen molar-refractivity contribution >= 4 is 23.4 Å². The van der Waals surface area contributed by atoms with Crippen molar-refractivity contribution in [2.45, 2.75) is 25.0 Å². The van der Waals surface area contributed by atoms with Gasteiger partial charge in [0, 0.05) is 24.4 Å².